The van der Waals surface area contributed by atoms with Crippen LogP contribution in [0.3, 0.4) is 0 Å². The molecule has 0 aliphatic carbocycles. The number of likely N-dealkylation sites (tertiary alicyclic amines) is 1. The molecule has 1 atom stereocenters. The summed E-state index contributed by atoms with van der Waals surface area (Å²) in [5.74, 6) is 0.285. The molecule has 1 aliphatic rings. The molecular weight excluding hydrogens is 254 g/mol. The van der Waals surface area contributed by atoms with Crippen LogP contribution in [0.4, 0.5) is 0 Å². The van der Waals surface area contributed by atoms with E-state index in [2.05, 4.69) is 5.32 Å². The van der Waals surface area contributed by atoms with Crippen molar-refractivity contribution in [1.29, 1.82) is 0 Å². The number of nitrogens with zero attached hydrogens (tertiary/aromatic N) is 1. The second-order valence-corrected chi connectivity index (χ2v) is 6.35. The molecule has 3 N–H and O–H groups in total. The molecule has 116 valence electrons. The number of hydrogen-bond donors (Lipinski definition) is 2. The van der Waals surface area contributed by atoms with E-state index in [-0.39, 0.29) is 23.8 Å². The molecule has 5 heteroatoms. The Morgan fingerprint density at radius 1 is 1.35 bits per heavy atom. The highest BCUT2D eigenvalue weighted by molar-refractivity contribution is 5.82. The Kier molecular flexibility index (Phi) is 5.99. The van der Waals surface area contributed by atoms with E-state index in [1.807, 2.05) is 32.6 Å². The minimum absolute atomic E-state index is 0.0381. The molecule has 2 amide bonds. The van der Waals surface area contributed by atoms with Crippen molar-refractivity contribution in [1.82, 2.24) is 10.2 Å². The molecule has 0 radical (unpaired) electrons. The van der Waals surface area contributed by atoms with Crippen molar-refractivity contribution in [3.05, 3.63) is 0 Å². The molecule has 20 heavy (non-hydrogen) atoms. The first-order valence-corrected chi connectivity index (χ1v) is 7.64. The largest absolute Gasteiger partial charge is 0.353 e. The third-order valence-corrected chi connectivity index (χ3v) is 4.41. The van der Waals surface area contributed by atoms with E-state index < -0.39 is 5.41 Å². The quantitative estimate of drug-likeness (QED) is 0.794. The summed E-state index contributed by atoms with van der Waals surface area (Å²) >= 11 is 0. The fraction of sp³-hybridized carbons (Fsp3) is 0.867. The lowest BCUT2D eigenvalue weighted by molar-refractivity contribution is -0.136. The van der Waals surface area contributed by atoms with Crippen LogP contribution in [0.25, 0.3) is 0 Å². The van der Waals surface area contributed by atoms with Crippen LogP contribution in [0, 0.1) is 11.3 Å². The van der Waals surface area contributed by atoms with Gasteiger partial charge in [-0.05, 0) is 26.2 Å². The van der Waals surface area contributed by atoms with Crippen LogP contribution in [0.2, 0.25) is 0 Å². The van der Waals surface area contributed by atoms with E-state index in [0.29, 0.717) is 6.54 Å². The number of piperidine rings is 1. The summed E-state index contributed by atoms with van der Waals surface area (Å²) in [6.45, 7) is 9.55. The standard InChI is InChI=1S/C15H29N3O2/c1-5-15(4,10-16)14(20)17-12-6-8-18(9-7-12)13(19)11(2)3/h11-12H,5-10,16H2,1-4H3,(H,17,20). The summed E-state index contributed by atoms with van der Waals surface area (Å²) in [6, 6.07) is 0.163. The lowest BCUT2D eigenvalue weighted by Crippen LogP contribution is -2.52. The van der Waals surface area contributed by atoms with E-state index in [9.17, 15) is 9.59 Å². The Labute approximate surface area is 122 Å². The van der Waals surface area contributed by atoms with Crippen LogP contribution < -0.4 is 11.1 Å². The maximum Gasteiger partial charge on any atom is 0.227 e. The van der Waals surface area contributed by atoms with Crippen LogP contribution in [0.5, 0.6) is 0 Å². The molecule has 0 aromatic heterocycles. The van der Waals surface area contributed by atoms with Gasteiger partial charge in [-0.1, -0.05) is 20.8 Å². The maximum absolute atomic E-state index is 12.2. The Hall–Kier alpha value is -1.10. The van der Waals surface area contributed by atoms with Gasteiger partial charge in [0.1, 0.15) is 0 Å². The first-order chi connectivity index (χ1) is 9.34. The molecule has 1 saturated heterocycles. The van der Waals surface area contributed by atoms with Gasteiger partial charge >= 0.3 is 0 Å². The van der Waals surface area contributed by atoms with Crippen molar-refractivity contribution >= 4 is 11.8 Å². The number of nitrogens with two attached hydrogens (primary N) is 1. The summed E-state index contributed by atoms with van der Waals surface area (Å²) in [7, 11) is 0. The van der Waals surface area contributed by atoms with Gasteiger partial charge in [0.15, 0.2) is 0 Å². The van der Waals surface area contributed by atoms with Gasteiger partial charge in [0, 0.05) is 31.6 Å². The molecule has 0 aromatic carbocycles. The Bertz CT molecular complexity index is 343. The summed E-state index contributed by atoms with van der Waals surface area (Å²) < 4.78 is 0. The summed E-state index contributed by atoms with van der Waals surface area (Å²) in [4.78, 5) is 26.0. The molecular formula is C15H29N3O2. The van der Waals surface area contributed by atoms with Gasteiger partial charge in [0.2, 0.25) is 11.8 Å². The van der Waals surface area contributed by atoms with E-state index in [1.54, 1.807) is 0 Å². The summed E-state index contributed by atoms with van der Waals surface area (Å²) in [6.07, 6.45) is 2.39. The third kappa shape index (κ3) is 3.95. The second-order valence-electron chi connectivity index (χ2n) is 6.35. The molecule has 1 fully saturated rings. The molecule has 0 bridgehead atoms. The number of hydrogen-bond acceptors (Lipinski definition) is 3. The summed E-state index contributed by atoms with van der Waals surface area (Å²) in [5.41, 5.74) is 5.22. The van der Waals surface area contributed by atoms with Gasteiger partial charge in [-0.15, -0.1) is 0 Å². The lowest BCUT2D eigenvalue weighted by Gasteiger charge is -2.35. The zero-order chi connectivity index (χ0) is 15.3. The normalized spacial score (nSPS) is 19.8. The number of carbonyl (C=O) groups is 2. The Morgan fingerprint density at radius 2 is 1.90 bits per heavy atom. The smallest absolute Gasteiger partial charge is 0.227 e. The first kappa shape index (κ1) is 17.0. The topological polar surface area (TPSA) is 75.4 Å². The predicted molar refractivity (Wildman–Crippen MR) is 80.0 cm³/mol. The number of carbonyl (C=O) groups excluding carboxylic acids is 2. The van der Waals surface area contributed by atoms with Gasteiger partial charge in [-0.25, -0.2) is 0 Å². The number of rotatable bonds is 5. The van der Waals surface area contributed by atoms with Crippen molar-refractivity contribution in [2.45, 2.75) is 53.0 Å². The van der Waals surface area contributed by atoms with Crippen molar-refractivity contribution in [2.75, 3.05) is 19.6 Å². The Morgan fingerprint density at radius 3 is 2.30 bits per heavy atom. The van der Waals surface area contributed by atoms with Crippen LogP contribution in [-0.4, -0.2) is 42.4 Å². The van der Waals surface area contributed by atoms with Crippen molar-refractivity contribution in [3.8, 4) is 0 Å². The Balaban J connectivity index is 2.47. The maximum atomic E-state index is 12.2. The average molecular weight is 283 g/mol. The van der Waals surface area contributed by atoms with E-state index in [0.717, 1.165) is 32.4 Å². The zero-order valence-electron chi connectivity index (χ0n) is 13.2. The average Bonchev–Trinajstić information content (AvgIpc) is 2.46. The van der Waals surface area contributed by atoms with E-state index in [1.165, 1.54) is 0 Å². The van der Waals surface area contributed by atoms with E-state index in [4.69, 9.17) is 5.73 Å². The third-order valence-electron chi connectivity index (χ3n) is 4.41. The molecule has 1 heterocycles. The molecule has 1 rings (SSSR count). The molecule has 1 aliphatic heterocycles. The summed E-state index contributed by atoms with van der Waals surface area (Å²) in [5, 5.41) is 3.09. The first-order valence-electron chi connectivity index (χ1n) is 7.64. The monoisotopic (exact) mass is 283 g/mol. The molecule has 1 unspecified atom stereocenters. The van der Waals surface area contributed by atoms with Gasteiger partial charge in [-0.2, -0.15) is 0 Å². The molecule has 0 aromatic rings. The van der Waals surface area contributed by atoms with Crippen LogP contribution in [0.15, 0.2) is 0 Å². The second kappa shape index (κ2) is 7.07. The van der Waals surface area contributed by atoms with Gasteiger partial charge < -0.3 is 16.0 Å². The van der Waals surface area contributed by atoms with Crippen molar-refractivity contribution in [2.24, 2.45) is 17.1 Å². The molecule has 0 saturated carbocycles. The van der Waals surface area contributed by atoms with Crippen molar-refractivity contribution < 1.29 is 9.59 Å². The number of amides is 2. The fourth-order valence-corrected chi connectivity index (χ4v) is 2.37. The number of nitrogens with one attached hydrogen (secondary N) is 1. The van der Waals surface area contributed by atoms with Crippen molar-refractivity contribution in [3.63, 3.8) is 0 Å². The highest BCUT2D eigenvalue weighted by atomic mass is 16.2. The molecule has 5 nitrogen and oxygen atoms in total. The van der Waals surface area contributed by atoms with Crippen LogP contribution in [0.1, 0.15) is 47.0 Å². The van der Waals surface area contributed by atoms with Gasteiger partial charge in [0.25, 0.3) is 0 Å². The van der Waals surface area contributed by atoms with Gasteiger partial charge in [-0.3, -0.25) is 9.59 Å². The van der Waals surface area contributed by atoms with Crippen LogP contribution >= 0.6 is 0 Å². The predicted octanol–water partition coefficient (Wildman–Crippen LogP) is 1.12. The zero-order valence-corrected chi connectivity index (χ0v) is 13.2. The lowest BCUT2D eigenvalue weighted by atomic mass is 9.86. The fourth-order valence-electron chi connectivity index (χ4n) is 2.37. The minimum Gasteiger partial charge on any atom is -0.353 e. The van der Waals surface area contributed by atoms with Gasteiger partial charge in [0.05, 0.1) is 5.41 Å². The highest BCUT2D eigenvalue weighted by Crippen LogP contribution is 2.21. The van der Waals surface area contributed by atoms with Crippen LogP contribution in [-0.2, 0) is 9.59 Å². The molecule has 0 spiro atoms. The van der Waals surface area contributed by atoms with E-state index >= 15 is 0 Å². The highest BCUT2D eigenvalue weighted by Gasteiger charge is 2.32. The minimum atomic E-state index is -0.481. The SMILES string of the molecule is CCC(C)(CN)C(=O)NC1CCN(C(=O)C(C)C)CC1.